The van der Waals surface area contributed by atoms with Crippen molar-refractivity contribution in [3.63, 3.8) is 0 Å². The van der Waals surface area contributed by atoms with Crippen LogP contribution in [-0.2, 0) is 6.42 Å². The summed E-state index contributed by atoms with van der Waals surface area (Å²) in [5, 5.41) is 0. The lowest BCUT2D eigenvalue weighted by Gasteiger charge is -2.08. The Labute approximate surface area is 76.6 Å². The first-order chi connectivity index (χ1) is 6.13. The smallest absolute Gasteiger partial charge is 0.159 e. The van der Waals surface area contributed by atoms with Gasteiger partial charge in [0.25, 0.3) is 0 Å². The molecule has 1 unspecified atom stereocenters. The van der Waals surface area contributed by atoms with E-state index >= 15 is 0 Å². The number of benzene rings is 1. The summed E-state index contributed by atoms with van der Waals surface area (Å²) in [5.74, 6) is -1.62. The van der Waals surface area contributed by atoms with Gasteiger partial charge in [0, 0.05) is 6.04 Å². The van der Waals surface area contributed by atoms with E-state index in [1.807, 2.05) is 6.92 Å². The Kier molecular flexibility index (Phi) is 3.37. The molecule has 0 fully saturated rings. The Morgan fingerprint density at radius 2 is 2.00 bits per heavy atom. The van der Waals surface area contributed by atoms with Crippen LogP contribution >= 0.6 is 0 Å². The molecular weight excluding hydrogens is 172 g/mol. The molecule has 0 aliphatic carbocycles. The van der Waals surface area contributed by atoms with Gasteiger partial charge in [-0.05, 0) is 30.5 Å². The zero-order valence-electron chi connectivity index (χ0n) is 7.56. The molecule has 0 aromatic heterocycles. The third kappa shape index (κ3) is 2.77. The van der Waals surface area contributed by atoms with Gasteiger partial charge < -0.3 is 5.73 Å². The maximum Gasteiger partial charge on any atom is 0.159 e. The van der Waals surface area contributed by atoms with Crippen LogP contribution in [0.3, 0.4) is 0 Å². The molecule has 0 spiro atoms. The Bertz CT molecular complexity index is 286. The third-order valence-electron chi connectivity index (χ3n) is 2.01. The molecule has 13 heavy (non-hydrogen) atoms. The normalized spacial score (nSPS) is 12.9. The van der Waals surface area contributed by atoms with Crippen molar-refractivity contribution in [1.82, 2.24) is 0 Å². The van der Waals surface area contributed by atoms with Gasteiger partial charge in [-0.2, -0.15) is 0 Å². The molecule has 0 radical (unpaired) electrons. The number of hydrogen-bond acceptors (Lipinski definition) is 1. The van der Waals surface area contributed by atoms with Gasteiger partial charge in [-0.1, -0.05) is 13.0 Å². The lowest BCUT2D eigenvalue weighted by molar-refractivity contribution is 0.505. The molecule has 1 rings (SSSR count). The molecule has 1 atom stereocenters. The summed E-state index contributed by atoms with van der Waals surface area (Å²) in [4.78, 5) is 0. The molecule has 0 aliphatic rings. The van der Waals surface area contributed by atoms with Crippen LogP contribution in [0.5, 0.6) is 0 Å². The maximum atomic E-state index is 12.7. The van der Waals surface area contributed by atoms with Gasteiger partial charge in [0.2, 0.25) is 0 Å². The van der Waals surface area contributed by atoms with E-state index in [0.717, 1.165) is 18.1 Å². The number of rotatable bonds is 3. The summed E-state index contributed by atoms with van der Waals surface area (Å²) < 4.78 is 25.2. The van der Waals surface area contributed by atoms with Gasteiger partial charge in [-0.15, -0.1) is 0 Å². The van der Waals surface area contributed by atoms with E-state index in [2.05, 4.69) is 0 Å². The first-order valence-electron chi connectivity index (χ1n) is 4.33. The highest BCUT2D eigenvalue weighted by atomic mass is 19.2. The van der Waals surface area contributed by atoms with Crippen LogP contribution in [0.15, 0.2) is 18.2 Å². The predicted molar refractivity (Wildman–Crippen MR) is 48.3 cm³/mol. The summed E-state index contributed by atoms with van der Waals surface area (Å²) in [7, 11) is 0. The van der Waals surface area contributed by atoms with Crippen LogP contribution in [0.4, 0.5) is 8.78 Å². The van der Waals surface area contributed by atoms with Crippen molar-refractivity contribution >= 4 is 0 Å². The van der Waals surface area contributed by atoms with E-state index in [1.165, 1.54) is 6.07 Å². The molecule has 0 bridgehead atoms. The quantitative estimate of drug-likeness (QED) is 0.767. The van der Waals surface area contributed by atoms with Crippen molar-refractivity contribution in [1.29, 1.82) is 0 Å². The molecule has 72 valence electrons. The summed E-state index contributed by atoms with van der Waals surface area (Å²) in [6.07, 6.45) is 1.42. The topological polar surface area (TPSA) is 26.0 Å². The molecule has 1 aromatic carbocycles. The Balaban J connectivity index is 2.73. The Morgan fingerprint density at radius 1 is 1.31 bits per heavy atom. The summed E-state index contributed by atoms with van der Waals surface area (Å²) in [6.45, 7) is 1.96. The van der Waals surface area contributed by atoms with Gasteiger partial charge in [0.15, 0.2) is 11.6 Å². The molecule has 0 amide bonds. The van der Waals surface area contributed by atoms with Crippen molar-refractivity contribution in [2.24, 2.45) is 5.73 Å². The minimum absolute atomic E-state index is 0.0184. The van der Waals surface area contributed by atoms with Crippen molar-refractivity contribution in [3.8, 4) is 0 Å². The summed E-state index contributed by atoms with van der Waals surface area (Å²) >= 11 is 0. The van der Waals surface area contributed by atoms with Crippen LogP contribution in [0.1, 0.15) is 18.9 Å². The first-order valence-corrected chi connectivity index (χ1v) is 4.33. The van der Waals surface area contributed by atoms with Crippen LogP contribution in [0.2, 0.25) is 0 Å². The first kappa shape index (κ1) is 10.1. The lowest BCUT2D eigenvalue weighted by atomic mass is 10.0. The second kappa shape index (κ2) is 4.33. The monoisotopic (exact) mass is 185 g/mol. The van der Waals surface area contributed by atoms with Crippen molar-refractivity contribution in [3.05, 3.63) is 35.4 Å². The molecule has 0 saturated carbocycles. The van der Waals surface area contributed by atoms with Crippen molar-refractivity contribution < 1.29 is 8.78 Å². The molecule has 1 aromatic rings. The van der Waals surface area contributed by atoms with Gasteiger partial charge >= 0.3 is 0 Å². The fraction of sp³-hybridized carbons (Fsp3) is 0.400. The molecule has 0 aliphatic heterocycles. The standard InChI is InChI=1S/C10H13F2N/c1-2-8(13)5-7-3-4-9(11)10(12)6-7/h3-4,6,8H,2,5,13H2,1H3. The van der Waals surface area contributed by atoms with E-state index in [4.69, 9.17) is 5.73 Å². The fourth-order valence-electron chi connectivity index (χ4n) is 1.11. The number of halogens is 2. The minimum atomic E-state index is -0.811. The van der Waals surface area contributed by atoms with Crippen LogP contribution in [0, 0.1) is 11.6 Å². The van der Waals surface area contributed by atoms with E-state index in [1.54, 1.807) is 6.07 Å². The Hall–Kier alpha value is -0.960. The van der Waals surface area contributed by atoms with Crippen LogP contribution in [0.25, 0.3) is 0 Å². The molecule has 1 nitrogen and oxygen atoms in total. The zero-order chi connectivity index (χ0) is 9.84. The third-order valence-corrected chi connectivity index (χ3v) is 2.01. The summed E-state index contributed by atoms with van der Waals surface area (Å²) in [5.41, 5.74) is 6.42. The Morgan fingerprint density at radius 3 is 2.54 bits per heavy atom. The maximum absolute atomic E-state index is 12.7. The molecule has 3 heteroatoms. The highest BCUT2D eigenvalue weighted by molar-refractivity contribution is 5.18. The van der Waals surface area contributed by atoms with Gasteiger partial charge in [-0.3, -0.25) is 0 Å². The average Bonchev–Trinajstić information content (AvgIpc) is 2.11. The second-order valence-electron chi connectivity index (χ2n) is 3.12. The highest BCUT2D eigenvalue weighted by Gasteiger charge is 2.05. The lowest BCUT2D eigenvalue weighted by Crippen LogP contribution is -2.21. The minimum Gasteiger partial charge on any atom is -0.327 e. The second-order valence-corrected chi connectivity index (χ2v) is 3.12. The molecule has 2 N–H and O–H groups in total. The number of hydrogen-bond donors (Lipinski definition) is 1. The van der Waals surface area contributed by atoms with Crippen molar-refractivity contribution in [2.75, 3.05) is 0 Å². The average molecular weight is 185 g/mol. The van der Waals surface area contributed by atoms with E-state index in [-0.39, 0.29) is 6.04 Å². The van der Waals surface area contributed by atoms with Gasteiger partial charge in [0.1, 0.15) is 0 Å². The van der Waals surface area contributed by atoms with E-state index in [0.29, 0.717) is 6.42 Å². The highest BCUT2D eigenvalue weighted by Crippen LogP contribution is 2.10. The molecule has 0 saturated heterocycles. The summed E-state index contributed by atoms with van der Waals surface area (Å²) in [6, 6.07) is 3.91. The molecular formula is C10H13F2N. The van der Waals surface area contributed by atoms with Gasteiger partial charge in [0.05, 0.1) is 0 Å². The van der Waals surface area contributed by atoms with E-state index in [9.17, 15) is 8.78 Å². The van der Waals surface area contributed by atoms with Gasteiger partial charge in [-0.25, -0.2) is 8.78 Å². The SMILES string of the molecule is CCC(N)Cc1ccc(F)c(F)c1. The predicted octanol–water partition coefficient (Wildman–Crippen LogP) is 2.24. The largest absolute Gasteiger partial charge is 0.327 e. The molecule has 0 heterocycles. The van der Waals surface area contributed by atoms with Crippen LogP contribution < -0.4 is 5.73 Å². The van der Waals surface area contributed by atoms with Crippen LogP contribution in [-0.4, -0.2) is 6.04 Å². The van der Waals surface area contributed by atoms with Crippen molar-refractivity contribution in [2.45, 2.75) is 25.8 Å². The van der Waals surface area contributed by atoms with E-state index < -0.39 is 11.6 Å². The zero-order valence-corrected chi connectivity index (χ0v) is 7.56. The number of nitrogens with two attached hydrogens (primary N) is 1. The fourth-order valence-corrected chi connectivity index (χ4v) is 1.11.